The van der Waals surface area contributed by atoms with E-state index in [4.69, 9.17) is 0 Å². The number of rotatable bonds is 2. The Hall–Kier alpha value is -1.28. The summed E-state index contributed by atoms with van der Waals surface area (Å²) < 4.78 is 73.8. The van der Waals surface area contributed by atoms with Gasteiger partial charge in [-0.3, -0.25) is 4.79 Å². The van der Waals surface area contributed by atoms with Gasteiger partial charge in [0.05, 0.1) is 0 Å². The highest BCUT2D eigenvalue weighted by molar-refractivity contribution is 5.89. The van der Waals surface area contributed by atoms with Crippen LogP contribution in [-0.4, -0.2) is 24.3 Å². The second-order valence-electron chi connectivity index (χ2n) is 2.71. The number of carbonyl (C=O) groups excluding carboxylic acids is 2. The van der Waals surface area contributed by atoms with Gasteiger partial charge in [0.25, 0.3) is 0 Å². The highest BCUT2D eigenvalue weighted by Crippen LogP contribution is 2.30. The molecule has 0 rings (SSSR count). The maximum absolute atomic E-state index is 12.0. The third kappa shape index (κ3) is 4.07. The largest absolute Gasteiger partial charge is 0.491 e. The summed E-state index contributed by atoms with van der Waals surface area (Å²) >= 11 is 0. The second-order valence-corrected chi connectivity index (χ2v) is 2.71. The van der Waals surface area contributed by atoms with Crippen LogP contribution in [0.15, 0.2) is 0 Å². The maximum atomic E-state index is 12.0. The van der Waals surface area contributed by atoms with Crippen molar-refractivity contribution in [3.8, 4) is 0 Å². The van der Waals surface area contributed by atoms with Crippen LogP contribution in [0.1, 0.15) is 13.3 Å². The zero-order valence-electron chi connectivity index (χ0n) is 7.78. The molecule has 94 valence electrons. The molecule has 0 saturated carbocycles. The van der Waals surface area contributed by atoms with Crippen molar-refractivity contribution in [2.24, 2.45) is 5.92 Å². The van der Waals surface area contributed by atoms with Crippen LogP contribution >= 0.6 is 0 Å². The van der Waals surface area contributed by atoms with E-state index >= 15 is 0 Å². The average Bonchev–Trinajstić information content (AvgIpc) is 2.00. The minimum Gasteiger partial charge on any atom is -0.386 e. The Balaban J connectivity index is 4.64. The number of halogens is 6. The Morgan fingerprint density at radius 1 is 1.12 bits per heavy atom. The lowest BCUT2D eigenvalue weighted by Crippen LogP contribution is -2.36. The number of ether oxygens (including phenoxy) is 1. The molecule has 0 N–H and O–H groups in total. The molecule has 1 atom stereocenters. The Morgan fingerprint density at radius 2 is 1.56 bits per heavy atom. The van der Waals surface area contributed by atoms with Gasteiger partial charge in [0.15, 0.2) is 5.92 Å². The zero-order valence-corrected chi connectivity index (χ0v) is 7.78. The van der Waals surface area contributed by atoms with Crippen LogP contribution in [0.5, 0.6) is 0 Å². The standard InChI is InChI=1S/C7H6F6O3/c1-2-3(6(8,9)10)4(14)16-5(15)7(11,12)13/h3H,2H2,1H3. The fourth-order valence-corrected chi connectivity index (χ4v) is 0.752. The van der Waals surface area contributed by atoms with Crippen LogP contribution in [0.4, 0.5) is 26.3 Å². The number of hydrogen-bond acceptors (Lipinski definition) is 3. The van der Waals surface area contributed by atoms with Gasteiger partial charge in [-0.2, -0.15) is 26.3 Å². The van der Waals surface area contributed by atoms with Crippen molar-refractivity contribution < 1.29 is 40.7 Å². The fraction of sp³-hybridized carbons (Fsp3) is 0.714. The highest BCUT2D eigenvalue weighted by atomic mass is 19.4. The molecule has 1 unspecified atom stereocenters. The maximum Gasteiger partial charge on any atom is 0.491 e. The number of carbonyl (C=O) groups is 2. The molecule has 0 radical (unpaired) electrons. The second kappa shape index (κ2) is 4.71. The van der Waals surface area contributed by atoms with E-state index in [0.717, 1.165) is 6.92 Å². The van der Waals surface area contributed by atoms with Crippen molar-refractivity contribution in [2.75, 3.05) is 0 Å². The lowest BCUT2D eigenvalue weighted by molar-refractivity contribution is -0.216. The van der Waals surface area contributed by atoms with Gasteiger partial charge in [-0.25, -0.2) is 4.79 Å². The topological polar surface area (TPSA) is 43.4 Å². The van der Waals surface area contributed by atoms with Crippen molar-refractivity contribution in [1.29, 1.82) is 0 Å². The normalized spacial score (nSPS) is 14.4. The Labute approximate surface area is 85.4 Å². The summed E-state index contributed by atoms with van der Waals surface area (Å²) in [6, 6.07) is 0. The van der Waals surface area contributed by atoms with E-state index in [0.29, 0.717) is 0 Å². The molecule has 0 aliphatic carbocycles. The average molecular weight is 252 g/mol. The molecule has 0 bridgehead atoms. The molecular formula is C7H6F6O3. The van der Waals surface area contributed by atoms with E-state index in [9.17, 15) is 35.9 Å². The number of alkyl halides is 6. The SMILES string of the molecule is CCC(C(=O)OC(=O)C(F)(F)F)C(F)(F)F. The molecule has 3 nitrogen and oxygen atoms in total. The summed E-state index contributed by atoms with van der Waals surface area (Å²) in [5, 5.41) is 0. The third-order valence-electron chi connectivity index (χ3n) is 1.51. The predicted octanol–water partition coefficient (Wildman–Crippen LogP) is 2.21. The van der Waals surface area contributed by atoms with E-state index < -0.39 is 36.6 Å². The zero-order chi connectivity index (χ0) is 13.1. The molecule has 0 aliphatic heterocycles. The first kappa shape index (κ1) is 14.7. The first-order valence-electron chi connectivity index (χ1n) is 3.89. The predicted molar refractivity (Wildman–Crippen MR) is 37.0 cm³/mol. The van der Waals surface area contributed by atoms with Gasteiger partial charge in [0.2, 0.25) is 0 Å². The highest BCUT2D eigenvalue weighted by Gasteiger charge is 2.49. The summed E-state index contributed by atoms with van der Waals surface area (Å²) in [6.45, 7) is 0.928. The minimum absolute atomic E-state index is 0.812. The van der Waals surface area contributed by atoms with Crippen LogP contribution in [0.25, 0.3) is 0 Å². The lowest BCUT2D eigenvalue weighted by atomic mass is 10.1. The molecule has 0 amide bonds. The van der Waals surface area contributed by atoms with E-state index in [-0.39, 0.29) is 0 Å². The van der Waals surface area contributed by atoms with Crippen LogP contribution < -0.4 is 0 Å². The van der Waals surface area contributed by atoms with E-state index in [1.807, 2.05) is 0 Å². The molecule has 0 aromatic rings. The molecule has 0 aromatic heterocycles. The molecule has 0 aliphatic rings. The first-order valence-corrected chi connectivity index (χ1v) is 3.89. The molecular weight excluding hydrogens is 246 g/mol. The van der Waals surface area contributed by atoms with Gasteiger partial charge < -0.3 is 4.74 Å². The minimum atomic E-state index is -5.50. The Morgan fingerprint density at radius 3 is 1.81 bits per heavy atom. The van der Waals surface area contributed by atoms with Gasteiger partial charge >= 0.3 is 24.3 Å². The van der Waals surface area contributed by atoms with E-state index in [2.05, 4.69) is 4.74 Å². The number of esters is 2. The summed E-state index contributed by atoms with van der Waals surface area (Å²) in [4.78, 5) is 20.7. The smallest absolute Gasteiger partial charge is 0.386 e. The van der Waals surface area contributed by atoms with Crippen molar-refractivity contribution in [1.82, 2.24) is 0 Å². The van der Waals surface area contributed by atoms with Gasteiger partial charge in [-0.05, 0) is 6.42 Å². The Kier molecular flexibility index (Phi) is 4.33. The number of hydrogen-bond donors (Lipinski definition) is 0. The van der Waals surface area contributed by atoms with Gasteiger partial charge in [-0.15, -0.1) is 0 Å². The summed E-state index contributed by atoms with van der Waals surface area (Å²) in [6.07, 6.45) is -11.4. The van der Waals surface area contributed by atoms with Crippen LogP contribution in [0.2, 0.25) is 0 Å². The summed E-state index contributed by atoms with van der Waals surface area (Å²) in [7, 11) is 0. The molecule has 0 heterocycles. The molecule has 0 fully saturated rings. The van der Waals surface area contributed by atoms with Crippen LogP contribution in [0, 0.1) is 5.92 Å². The first-order chi connectivity index (χ1) is 7.00. The quantitative estimate of drug-likeness (QED) is 0.430. The van der Waals surface area contributed by atoms with Crippen molar-refractivity contribution in [3.05, 3.63) is 0 Å². The van der Waals surface area contributed by atoms with Gasteiger partial charge in [-0.1, -0.05) is 6.92 Å². The van der Waals surface area contributed by atoms with Gasteiger partial charge in [0, 0.05) is 0 Å². The molecule has 16 heavy (non-hydrogen) atoms. The lowest BCUT2D eigenvalue weighted by Gasteiger charge is -2.16. The molecule has 9 heteroatoms. The van der Waals surface area contributed by atoms with E-state index in [1.54, 1.807) is 0 Å². The van der Waals surface area contributed by atoms with Gasteiger partial charge in [0.1, 0.15) is 0 Å². The summed E-state index contributed by atoms with van der Waals surface area (Å²) in [5.74, 6) is -7.95. The van der Waals surface area contributed by atoms with Crippen molar-refractivity contribution in [2.45, 2.75) is 25.7 Å². The molecule has 0 saturated heterocycles. The van der Waals surface area contributed by atoms with Crippen LogP contribution in [-0.2, 0) is 14.3 Å². The molecule has 0 aromatic carbocycles. The van der Waals surface area contributed by atoms with Crippen molar-refractivity contribution >= 4 is 11.9 Å². The molecule has 0 spiro atoms. The fourth-order valence-electron chi connectivity index (χ4n) is 0.752. The van der Waals surface area contributed by atoms with Crippen LogP contribution in [0.3, 0.4) is 0 Å². The summed E-state index contributed by atoms with van der Waals surface area (Å²) in [5.41, 5.74) is 0. The monoisotopic (exact) mass is 252 g/mol. The third-order valence-corrected chi connectivity index (χ3v) is 1.51. The van der Waals surface area contributed by atoms with Crippen molar-refractivity contribution in [3.63, 3.8) is 0 Å². The Bertz CT molecular complexity index is 279. The van der Waals surface area contributed by atoms with E-state index in [1.165, 1.54) is 0 Å².